The van der Waals surface area contributed by atoms with Gasteiger partial charge in [0, 0.05) is 25.4 Å². The van der Waals surface area contributed by atoms with Crippen molar-refractivity contribution in [1.82, 2.24) is 34.9 Å². The zero-order valence-corrected chi connectivity index (χ0v) is 18.9. The first kappa shape index (κ1) is 21.5. The van der Waals surface area contributed by atoms with Crippen molar-refractivity contribution in [2.75, 3.05) is 20.4 Å². The van der Waals surface area contributed by atoms with Crippen LogP contribution in [-0.4, -0.2) is 50.0 Å². The molecule has 34 heavy (non-hydrogen) atoms. The molecule has 0 amide bonds. The Hall–Kier alpha value is -4.31. The number of H-pyrrole nitrogens is 1. The fraction of sp³-hybridized carbons (Fsp3) is 0.208. The van der Waals surface area contributed by atoms with Gasteiger partial charge in [0.2, 0.25) is 0 Å². The number of benzene rings is 2. The second-order valence-corrected chi connectivity index (χ2v) is 7.61. The third kappa shape index (κ3) is 4.44. The first-order chi connectivity index (χ1) is 16.7. The van der Waals surface area contributed by atoms with Crippen molar-refractivity contribution in [3.8, 4) is 28.8 Å². The topological polar surface area (TPSA) is 104 Å². The minimum absolute atomic E-state index is 0.388. The molecule has 0 bridgehead atoms. The SMILES string of the molecule is COc1ccccc1Oc1nn2c(CCNCOc3cccc(C)c3)n[nH]c2c1-n1cccn1. The Morgan fingerprint density at radius 3 is 2.74 bits per heavy atom. The number of aryl methyl sites for hydroxylation is 1. The molecule has 10 nitrogen and oxygen atoms in total. The summed E-state index contributed by atoms with van der Waals surface area (Å²) in [7, 11) is 1.60. The van der Waals surface area contributed by atoms with Gasteiger partial charge < -0.3 is 14.2 Å². The Morgan fingerprint density at radius 2 is 1.94 bits per heavy atom. The van der Waals surface area contributed by atoms with E-state index in [4.69, 9.17) is 14.2 Å². The second-order valence-electron chi connectivity index (χ2n) is 7.61. The number of rotatable bonds is 10. The number of nitrogens with one attached hydrogen (secondary N) is 2. The maximum atomic E-state index is 6.15. The molecule has 0 aliphatic carbocycles. The Bertz CT molecular complexity index is 1370. The molecule has 5 aromatic rings. The standard InChI is InChI=1S/C24H25N7O3/c1-17-7-5-8-18(15-17)33-16-25-13-11-21-27-28-23-22(30-14-6-12-26-30)24(29-31(21)23)34-20-10-4-3-9-19(20)32-2/h3-10,12,14-15,25,28H,11,13,16H2,1-2H3. The van der Waals surface area contributed by atoms with E-state index in [0.29, 0.717) is 48.4 Å². The number of hydrogen-bond donors (Lipinski definition) is 2. The molecule has 0 saturated carbocycles. The Kier molecular flexibility index (Phi) is 6.13. The van der Waals surface area contributed by atoms with Crippen LogP contribution >= 0.6 is 0 Å². The molecule has 3 heterocycles. The summed E-state index contributed by atoms with van der Waals surface area (Å²) < 4.78 is 20.8. The van der Waals surface area contributed by atoms with Crippen molar-refractivity contribution in [3.63, 3.8) is 0 Å². The molecule has 5 rings (SSSR count). The Labute approximate surface area is 196 Å². The maximum Gasteiger partial charge on any atom is 0.267 e. The third-order valence-corrected chi connectivity index (χ3v) is 5.23. The maximum absolute atomic E-state index is 6.15. The normalized spacial score (nSPS) is 11.1. The quantitative estimate of drug-likeness (QED) is 0.243. The molecule has 174 valence electrons. The summed E-state index contributed by atoms with van der Waals surface area (Å²) >= 11 is 0. The number of hydrogen-bond acceptors (Lipinski definition) is 7. The van der Waals surface area contributed by atoms with Crippen LogP contribution < -0.4 is 19.5 Å². The molecular formula is C24H25N7O3. The summed E-state index contributed by atoms with van der Waals surface area (Å²) in [4.78, 5) is 0. The van der Waals surface area contributed by atoms with Gasteiger partial charge in [-0.25, -0.2) is 4.68 Å². The molecule has 0 unspecified atom stereocenters. The molecule has 0 aliphatic heterocycles. The molecular weight excluding hydrogens is 434 g/mol. The summed E-state index contributed by atoms with van der Waals surface area (Å²) in [6.45, 7) is 3.10. The van der Waals surface area contributed by atoms with Gasteiger partial charge in [-0.2, -0.15) is 14.7 Å². The van der Waals surface area contributed by atoms with E-state index in [2.05, 4.69) is 25.7 Å². The summed E-state index contributed by atoms with van der Waals surface area (Å²) in [6, 6.07) is 17.2. The number of aromatic amines is 1. The lowest BCUT2D eigenvalue weighted by atomic mass is 10.2. The fourth-order valence-corrected chi connectivity index (χ4v) is 3.60. The minimum atomic E-state index is 0.388. The molecule has 2 aromatic carbocycles. The zero-order chi connectivity index (χ0) is 23.3. The van der Waals surface area contributed by atoms with Gasteiger partial charge in [-0.05, 0) is 42.8 Å². The number of para-hydroxylation sites is 2. The van der Waals surface area contributed by atoms with Crippen LogP contribution in [0.15, 0.2) is 67.0 Å². The van der Waals surface area contributed by atoms with Crippen LogP contribution in [0.4, 0.5) is 0 Å². The van der Waals surface area contributed by atoms with Gasteiger partial charge in [0.1, 0.15) is 12.5 Å². The van der Waals surface area contributed by atoms with Crippen molar-refractivity contribution in [2.24, 2.45) is 0 Å². The lowest BCUT2D eigenvalue weighted by molar-refractivity contribution is 0.284. The highest BCUT2D eigenvalue weighted by molar-refractivity contribution is 5.65. The van der Waals surface area contributed by atoms with Crippen LogP contribution in [0.5, 0.6) is 23.1 Å². The van der Waals surface area contributed by atoms with Crippen LogP contribution in [0.2, 0.25) is 0 Å². The van der Waals surface area contributed by atoms with Crippen LogP contribution in [0.3, 0.4) is 0 Å². The summed E-state index contributed by atoms with van der Waals surface area (Å²) in [6.07, 6.45) is 4.16. The first-order valence-corrected chi connectivity index (χ1v) is 10.9. The monoisotopic (exact) mass is 459 g/mol. The zero-order valence-electron chi connectivity index (χ0n) is 18.9. The van der Waals surface area contributed by atoms with Crippen LogP contribution in [0.1, 0.15) is 11.4 Å². The van der Waals surface area contributed by atoms with Gasteiger partial charge in [-0.15, -0.1) is 5.10 Å². The smallest absolute Gasteiger partial charge is 0.267 e. The van der Waals surface area contributed by atoms with Gasteiger partial charge in [-0.3, -0.25) is 10.4 Å². The average Bonchev–Trinajstić information content (AvgIpc) is 3.57. The lowest BCUT2D eigenvalue weighted by Crippen LogP contribution is -2.23. The number of ether oxygens (including phenoxy) is 3. The number of fused-ring (bicyclic) bond motifs is 1. The molecule has 0 aliphatic rings. The van der Waals surface area contributed by atoms with E-state index < -0.39 is 0 Å². The Balaban J connectivity index is 1.33. The first-order valence-electron chi connectivity index (χ1n) is 10.9. The highest BCUT2D eigenvalue weighted by atomic mass is 16.5. The fourth-order valence-electron chi connectivity index (χ4n) is 3.60. The van der Waals surface area contributed by atoms with Crippen LogP contribution in [-0.2, 0) is 6.42 Å². The van der Waals surface area contributed by atoms with Gasteiger partial charge >= 0.3 is 0 Å². The largest absolute Gasteiger partial charge is 0.493 e. The van der Waals surface area contributed by atoms with E-state index in [1.54, 1.807) is 22.5 Å². The molecule has 3 aromatic heterocycles. The van der Waals surface area contributed by atoms with Crippen LogP contribution in [0.25, 0.3) is 11.3 Å². The highest BCUT2D eigenvalue weighted by Crippen LogP contribution is 2.34. The molecule has 0 saturated heterocycles. The van der Waals surface area contributed by atoms with E-state index in [1.807, 2.05) is 67.7 Å². The second kappa shape index (κ2) is 9.67. The number of nitrogens with zero attached hydrogens (tertiary/aromatic N) is 5. The van der Waals surface area contributed by atoms with Gasteiger partial charge in [0.25, 0.3) is 5.88 Å². The predicted octanol–water partition coefficient (Wildman–Crippen LogP) is 3.52. The lowest BCUT2D eigenvalue weighted by Gasteiger charge is -2.09. The molecule has 0 radical (unpaired) electrons. The minimum Gasteiger partial charge on any atom is -0.493 e. The molecule has 10 heteroatoms. The van der Waals surface area contributed by atoms with Crippen molar-refractivity contribution in [3.05, 3.63) is 78.4 Å². The number of methoxy groups -OCH3 is 1. The van der Waals surface area contributed by atoms with Crippen LogP contribution in [0, 0.1) is 6.92 Å². The summed E-state index contributed by atoms with van der Waals surface area (Å²) in [5.74, 6) is 3.15. The Morgan fingerprint density at radius 1 is 1.06 bits per heavy atom. The highest BCUT2D eigenvalue weighted by Gasteiger charge is 2.22. The van der Waals surface area contributed by atoms with E-state index in [-0.39, 0.29) is 0 Å². The van der Waals surface area contributed by atoms with E-state index in [9.17, 15) is 0 Å². The predicted molar refractivity (Wildman–Crippen MR) is 126 cm³/mol. The van der Waals surface area contributed by atoms with Gasteiger partial charge in [0.15, 0.2) is 28.7 Å². The van der Waals surface area contributed by atoms with E-state index >= 15 is 0 Å². The van der Waals surface area contributed by atoms with E-state index in [0.717, 1.165) is 17.1 Å². The van der Waals surface area contributed by atoms with Gasteiger partial charge in [-0.1, -0.05) is 24.3 Å². The van der Waals surface area contributed by atoms with Crippen molar-refractivity contribution >= 4 is 5.65 Å². The summed E-state index contributed by atoms with van der Waals surface area (Å²) in [5, 5.41) is 19.8. The molecule has 0 spiro atoms. The number of aromatic nitrogens is 6. The third-order valence-electron chi connectivity index (χ3n) is 5.23. The summed E-state index contributed by atoms with van der Waals surface area (Å²) in [5.41, 5.74) is 2.50. The van der Waals surface area contributed by atoms with Gasteiger partial charge in [0.05, 0.1) is 7.11 Å². The van der Waals surface area contributed by atoms with Crippen molar-refractivity contribution in [1.29, 1.82) is 0 Å². The van der Waals surface area contributed by atoms with E-state index in [1.165, 1.54) is 0 Å². The molecule has 0 atom stereocenters. The molecule has 0 fully saturated rings. The molecule has 2 N–H and O–H groups in total. The average molecular weight is 460 g/mol. The van der Waals surface area contributed by atoms with Crippen molar-refractivity contribution < 1.29 is 14.2 Å². The van der Waals surface area contributed by atoms with Crippen molar-refractivity contribution in [2.45, 2.75) is 13.3 Å².